The predicted molar refractivity (Wildman–Crippen MR) is 89.5 cm³/mol. The molecule has 1 fully saturated rings. The van der Waals surface area contributed by atoms with E-state index in [0.29, 0.717) is 11.3 Å². The fourth-order valence-corrected chi connectivity index (χ4v) is 3.63. The molecule has 3 atom stereocenters. The lowest BCUT2D eigenvalue weighted by Crippen LogP contribution is -2.50. The number of nitrogen functional groups attached to an aromatic ring is 1. The van der Waals surface area contributed by atoms with Gasteiger partial charge in [-0.25, -0.2) is 4.57 Å². The Morgan fingerprint density at radius 3 is 2.92 bits per heavy atom. The Hall–Kier alpha value is -1.79. The summed E-state index contributed by atoms with van der Waals surface area (Å²) in [5.74, 6) is 0.0359. The zero-order chi connectivity index (χ0) is 18.2. The van der Waals surface area contributed by atoms with E-state index in [1.165, 1.54) is 0 Å². The van der Waals surface area contributed by atoms with Gasteiger partial charge in [0.15, 0.2) is 11.4 Å². The van der Waals surface area contributed by atoms with Crippen LogP contribution in [0, 0.1) is 0 Å². The SMILES string of the molecule is CCCCOc1nc(N)nc2c1sc(=O)n2[C@@]1(O)CO[C@H](CO)[C@H]1O. The van der Waals surface area contributed by atoms with E-state index in [9.17, 15) is 20.1 Å². The first-order valence-electron chi connectivity index (χ1n) is 7.87. The predicted octanol–water partition coefficient (Wildman–Crippen LogP) is -0.989. The third kappa shape index (κ3) is 2.98. The van der Waals surface area contributed by atoms with Crippen LogP contribution >= 0.6 is 11.3 Å². The summed E-state index contributed by atoms with van der Waals surface area (Å²) in [6.45, 7) is 1.54. The minimum absolute atomic E-state index is 0.0535. The number of nitrogens with two attached hydrogens (primary N) is 1. The maximum atomic E-state index is 12.5. The first-order valence-corrected chi connectivity index (χ1v) is 8.69. The lowest BCUT2D eigenvalue weighted by molar-refractivity contribution is -0.111. The molecule has 0 bridgehead atoms. The van der Waals surface area contributed by atoms with E-state index in [-0.39, 0.29) is 24.1 Å². The zero-order valence-corrected chi connectivity index (χ0v) is 14.4. The van der Waals surface area contributed by atoms with E-state index in [4.69, 9.17) is 15.2 Å². The summed E-state index contributed by atoms with van der Waals surface area (Å²) in [7, 11) is 0. The van der Waals surface area contributed by atoms with Gasteiger partial charge in [-0.15, -0.1) is 0 Å². The highest BCUT2D eigenvalue weighted by molar-refractivity contribution is 7.16. The fraction of sp³-hybridized carbons (Fsp3) is 0.643. The highest BCUT2D eigenvalue weighted by atomic mass is 32.1. The molecule has 1 saturated heterocycles. The maximum Gasteiger partial charge on any atom is 0.312 e. The number of fused-ring (bicyclic) bond motifs is 1. The Labute approximate surface area is 146 Å². The van der Waals surface area contributed by atoms with Gasteiger partial charge >= 0.3 is 4.87 Å². The molecule has 25 heavy (non-hydrogen) atoms. The van der Waals surface area contributed by atoms with Crippen LogP contribution in [0.25, 0.3) is 10.3 Å². The molecule has 0 aromatic carbocycles. The van der Waals surface area contributed by atoms with E-state index in [1.807, 2.05) is 6.92 Å². The topological polar surface area (TPSA) is 153 Å². The number of nitrogens with zero attached hydrogens (tertiary/aromatic N) is 3. The number of aliphatic hydroxyl groups excluding tert-OH is 2. The number of rotatable bonds is 6. The Bertz CT molecular complexity index is 823. The number of hydrogen-bond donors (Lipinski definition) is 4. The fourth-order valence-electron chi connectivity index (χ4n) is 2.70. The van der Waals surface area contributed by atoms with Gasteiger partial charge in [-0.3, -0.25) is 4.79 Å². The number of aromatic nitrogens is 3. The molecule has 138 valence electrons. The molecule has 11 heteroatoms. The first-order chi connectivity index (χ1) is 11.9. The highest BCUT2D eigenvalue weighted by Gasteiger charge is 2.51. The molecule has 0 aliphatic carbocycles. The number of ether oxygens (including phenoxy) is 2. The molecule has 1 aliphatic rings. The van der Waals surface area contributed by atoms with Gasteiger partial charge in [-0.05, 0) is 6.42 Å². The van der Waals surface area contributed by atoms with E-state index in [2.05, 4.69) is 9.97 Å². The normalized spacial score (nSPS) is 26.4. The largest absolute Gasteiger partial charge is 0.476 e. The molecule has 2 aromatic heterocycles. The average molecular weight is 372 g/mol. The van der Waals surface area contributed by atoms with Crippen molar-refractivity contribution in [1.82, 2.24) is 14.5 Å². The summed E-state index contributed by atoms with van der Waals surface area (Å²) in [6, 6.07) is 0. The van der Waals surface area contributed by atoms with E-state index >= 15 is 0 Å². The molecule has 0 unspecified atom stereocenters. The standard InChI is InChI=1S/C14H20N4O6S/c1-2-3-4-23-11-8-10(16-12(15)17-11)18(13(21)25-8)14(22)6-24-7(5-19)9(14)20/h7,9,19-20,22H,2-6H2,1H3,(H2,15,16,17)/t7-,9-,14-/m1/s1. The molecular formula is C14H20N4O6S. The molecule has 1 aliphatic heterocycles. The van der Waals surface area contributed by atoms with Gasteiger partial charge in [0.1, 0.15) is 16.9 Å². The molecule has 3 rings (SSSR count). The smallest absolute Gasteiger partial charge is 0.312 e. The molecule has 3 heterocycles. The van der Waals surface area contributed by atoms with Crippen molar-refractivity contribution < 1.29 is 24.8 Å². The van der Waals surface area contributed by atoms with Gasteiger partial charge in [0.2, 0.25) is 11.8 Å². The minimum atomic E-state index is -2.07. The van der Waals surface area contributed by atoms with Gasteiger partial charge in [0, 0.05) is 0 Å². The third-order valence-electron chi connectivity index (χ3n) is 4.06. The van der Waals surface area contributed by atoms with Gasteiger partial charge < -0.3 is 30.5 Å². The van der Waals surface area contributed by atoms with Crippen molar-refractivity contribution in [2.75, 3.05) is 25.6 Å². The molecule has 0 saturated carbocycles. The van der Waals surface area contributed by atoms with Crippen LogP contribution in [0.15, 0.2) is 4.79 Å². The molecular weight excluding hydrogens is 352 g/mol. The average Bonchev–Trinajstić information content (AvgIpc) is 3.05. The summed E-state index contributed by atoms with van der Waals surface area (Å²) in [4.78, 5) is 20.0. The second-order valence-electron chi connectivity index (χ2n) is 5.80. The highest BCUT2D eigenvalue weighted by Crippen LogP contribution is 2.34. The Morgan fingerprint density at radius 2 is 2.28 bits per heavy atom. The van der Waals surface area contributed by atoms with Crippen LogP contribution in [-0.4, -0.2) is 61.9 Å². The van der Waals surface area contributed by atoms with Crippen LogP contribution in [0.1, 0.15) is 19.8 Å². The van der Waals surface area contributed by atoms with Crippen molar-refractivity contribution in [2.24, 2.45) is 0 Å². The van der Waals surface area contributed by atoms with Crippen LogP contribution in [0.3, 0.4) is 0 Å². The summed E-state index contributed by atoms with van der Waals surface area (Å²) in [6.07, 6.45) is -0.789. The quantitative estimate of drug-likeness (QED) is 0.468. The van der Waals surface area contributed by atoms with Crippen molar-refractivity contribution in [3.8, 4) is 5.88 Å². The van der Waals surface area contributed by atoms with Gasteiger partial charge in [-0.1, -0.05) is 24.7 Å². The van der Waals surface area contributed by atoms with Crippen molar-refractivity contribution in [3.63, 3.8) is 0 Å². The lowest BCUT2D eigenvalue weighted by Gasteiger charge is -2.27. The first kappa shape index (κ1) is 18.0. The molecule has 5 N–H and O–H groups in total. The van der Waals surface area contributed by atoms with Crippen LogP contribution in [-0.2, 0) is 10.5 Å². The van der Waals surface area contributed by atoms with Gasteiger partial charge in [0.25, 0.3) is 0 Å². The summed E-state index contributed by atoms with van der Waals surface area (Å²) < 4.78 is 12.0. The second kappa shape index (κ2) is 6.84. The van der Waals surface area contributed by atoms with Crippen LogP contribution in [0.2, 0.25) is 0 Å². The maximum absolute atomic E-state index is 12.5. The van der Waals surface area contributed by atoms with Gasteiger partial charge in [0.05, 0.1) is 19.8 Å². The monoisotopic (exact) mass is 372 g/mol. The molecule has 2 aromatic rings. The third-order valence-corrected chi connectivity index (χ3v) is 4.98. The van der Waals surface area contributed by atoms with E-state index < -0.39 is 29.4 Å². The number of anilines is 1. The summed E-state index contributed by atoms with van der Waals surface area (Å²) >= 11 is 0.781. The molecule has 0 radical (unpaired) electrons. The second-order valence-corrected chi connectivity index (χ2v) is 6.76. The number of thiazole rings is 1. The van der Waals surface area contributed by atoms with Crippen molar-refractivity contribution in [1.29, 1.82) is 0 Å². The van der Waals surface area contributed by atoms with Crippen LogP contribution in [0.5, 0.6) is 5.88 Å². The molecule has 0 amide bonds. The van der Waals surface area contributed by atoms with E-state index in [1.54, 1.807) is 0 Å². The summed E-state index contributed by atoms with van der Waals surface area (Å²) in [5.41, 5.74) is 3.70. The number of unbranched alkanes of at least 4 members (excludes halogenated alkanes) is 1. The van der Waals surface area contributed by atoms with E-state index in [0.717, 1.165) is 28.7 Å². The summed E-state index contributed by atoms with van der Waals surface area (Å²) in [5, 5.41) is 30.3. The van der Waals surface area contributed by atoms with Crippen LogP contribution in [0.4, 0.5) is 5.95 Å². The van der Waals surface area contributed by atoms with Crippen LogP contribution < -0.4 is 15.3 Å². The number of aliphatic hydroxyl groups is 3. The zero-order valence-electron chi connectivity index (χ0n) is 13.6. The molecule has 10 nitrogen and oxygen atoms in total. The van der Waals surface area contributed by atoms with Crippen molar-refractivity contribution in [3.05, 3.63) is 9.67 Å². The van der Waals surface area contributed by atoms with Crippen molar-refractivity contribution in [2.45, 2.75) is 37.7 Å². The minimum Gasteiger partial charge on any atom is -0.476 e. The lowest BCUT2D eigenvalue weighted by atomic mass is 10.1. The molecule has 0 spiro atoms. The Balaban J connectivity index is 2.11. The van der Waals surface area contributed by atoms with Crippen molar-refractivity contribution >= 4 is 27.6 Å². The van der Waals surface area contributed by atoms with Gasteiger partial charge in [-0.2, -0.15) is 9.97 Å². The Kier molecular flexibility index (Phi) is 4.93. The Morgan fingerprint density at radius 1 is 1.52 bits per heavy atom. The number of hydrogen-bond acceptors (Lipinski definition) is 10.